The molecule has 2 aromatic heterocycles. The fourth-order valence-electron chi connectivity index (χ4n) is 3.96. The molecule has 8 nitrogen and oxygen atoms in total. The first-order valence-corrected chi connectivity index (χ1v) is 11.7. The average Bonchev–Trinajstić information content (AvgIpc) is 3.33. The van der Waals surface area contributed by atoms with Gasteiger partial charge in [-0.15, -0.1) is 0 Å². The molecule has 5 aromatic rings. The van der Waals surface area contributed by atoms with E-state index in [2.05, 4.69) is 44.6 Å². The van der Waals surface area contributed by atoms with E-state index in [-0.39, 0.29) is 11.9 Å². The number of rotatable bonds is 7. The number of amides is 1. The third-order valence-corrected chi connectivity index (χ3v) is 5.98. The lowest BCUT2D eigenvalue weighted by molar-refractivity contribution is 0.102. The molecular formula is C28H27N7O. The van der Waals surface area contributed by atoms with Gasteiger partial charge in [-0.25, -0.2) is 9.97 Å². The number of carbonyl (C=O) groups excluding carboxylic acids is 1. The van der Waals surface area contributed by atoms with Gasteiger partial charge in [0, 0.05) is 37.2 Å². The third-order valence-electron chi connectivity index (χ3n) is 5.98. The number of benzene rings is 3. The minimum absolute atomic E-state index is 0.0613. The summed E-state index contributed by atoms with van der Waals surface area (Å²) in [7, 11) is 3.93. The zero-order valence-electron chi connectivity index (χ0n) is 20.4. The lowest BCUT2D eigenvalue weighted by atomic mass is 10.1. The van der Waals surface area contributed by atoms with Gasteiger partial charge in [0.1, 0.15) is 12.1 Å². The molecule has 1 unspecified atom stereocenters. The van der Waals surface area contributed by atoms with E-state index in [1.54, 1.807) is 12.5 Å². The Hall–Kier alpha value is -4.72. The van der Waals surface area contributed by atoms with Gasteiger partial charge in [-0.05, 0) is 61.0 Å². The SMILES string of the molecule is CC(Nc1nccc(-n2cnc3cc(NC(=O)c4ccc(N(C)C)cc4)ccc32)n1)c1ccccc1. The van der Waals surface area contributed by atoms with Crippen LogP contribution >= 0.6 is 0 Å². The van der Waals surface area contributed by atoms with Crippen LogP contribution in [-0.4, -0.2) is 39.5 Å². The number of anilines is 3. The predicted octanol–water partition coefficient (Wildman–Crippen LogP) is 5.31. The number of hydrogen-bond donors (Lipinski definition) is 2. The Morgan fingerprint density at radius 2 is 1.72 bits per heavy atom. The van der Waals surface area contributed by atoms with Crippen LogP contribution in [-0.2, 0) is 0 Å². The highest BCUT2D eigenvalue weighted by Gasteiger charge is 2.12. The summed E-state index contributed by atoms with van der Waals surface area (Å²) in [5, 5.41) is 6.32. The van der Waals surface area contributed by atoms with E-state index in [0.29, 0.717) is 23.0 Å². The fraction of sp³-hybridized carbons (Fsp3) is 0.143. The van der Waals surface area contributed by atoms with E-state index in [0.717, 1.165) is 22.3 Å². The van der Waals surface area contributed by atoms with Gasteiger partial charge in [0.15, 0.2) is 0 Å². The van der Waals surface area contributed by atoms with Gasteiger partial charge in [-0.3, -0.25) is 9.36 Å². The smallest absolute Gasteiger partial charge is 0.255 e. The Labute approximate surface area is 209 Å². The van der Waals surface area contributed by atoms with Crippen LogP contribution in [0.15, 0.2) is 91.4 Å². The van der Waals surface area contributed by atoms with Crippen molar-refractivity contribution in [3.8, 4) is 5.82 Å². The summed E-state index contributed by atoms with van der Waals surface area (Å²) in [5.41, 5.74) is 5.10. The Balaban J connectivity index is 1.33. The molecule has 0 fully saturated rings. The highest BCUT2D eigenvalue weighted by atomic mass is 16.1. The van der Waals surface area contributed by atoms with Gasteiger partial charge < -0.3 is 15.5 Å². The summed E-state index contributed by atoms with van der Waals surface area (Å²) in [5.74, 6) is 1.07. The van der Waals surface area contributed by atoms with Crippen molar-refractivity contribution in [2.45, 2.75) is 13.0 Å². The zero-order valence-corrected chi connectivity index (χ0v) is 20.4. The van der Waals surface area contributed by atoms with Crippen molar-refractivity contribution in [3.63, 3.8) is 0 Å². The lowest BCUT2D eigenvalue weighted by Gasteiger charge is -2.14. The summed E-state index contributed by atoms with van der Waals surface area (Å²) in [6.45, 7) is 2.07. The van der Waals surface area contributed by atoms with Gasteiger partial charge in [-0.1, -0.05) is 30.3 Å². The van der Waals surface area contributed by atoms with Gasteiger partial charge >= 0.3 is 0 Å². The van der Waals surface area contributed by atoms with Crippen molar-refractivity contribution in [2.75, 3.05) is 29.6 Å². The highest BCUT2D eigenvalue weighted by molar-refractivity contribution is 6.05. The zero-order chi connectivity index (χ0) is 25.1. The van der Waals surface area contributed by atoms with Crippen molar-refractivity contribution in [3.05, 3.63) is 103 Å². The van der Waals surface area contributed by atoms with Gasteiger partial charge in [-0.2, -0.15) is 4.98 Å². The monoisotopic (exact) mass is 477 g/mol. The molecule has 0 saturated heterocycles. The largest absolute Gasteiger partial charge is 0.378 e. The summed E-state index contributed by atoms with van der Waals surface area (Å²) in [4.78, 5) is 28.3. The molecule has 8 heteroatoms. The molecule has 36 heavy (non-hydrogen) atoms. The van der Waals surface area contributed by atoms with E-state index in [1.165, 1.54) is 0 Å². The number of fused-ring (bicyclic) bond motifs is 1. The van der Waals surface area contributed by atoms with E-state index in [1.807, 2.05) is 90.3 Å². The summed E-state index contributed by atoms with van der Waals surface area (Å²) in [6, 6.07) is 25.2. The molecule has 3 aromatic carbocycles. The Kier molecular flexibility index (Phi) is 6.32. The van der Waals surface area contributed by atoms with Crippen molar-refractivity contribution in [2.24, 2.45) is 0 Å². The molecule has 1 amide bonds. The van der Waals surface area contributed by atoms with Crippen LogP contribution in [0.3, 0.4) is 0 Å². The van der Waals surface area contributed by atoms with Crippen LogP contribution in [0.25, 0.3) is 16.9 Å². The summed E-state index contributed by atoms with van der Waals surface area (Å²) < 4.78 is 1.90. The van der Waals surface area contributed by atoms with Crippen molar-refractivity contribution in [1.29, 1.82) is 0 Å². The van der Waals surface area contributed by atoms with E-state index >= 15 is 0 Å². The molecule has 0 saturated carbocycles. The van der Waals surface area contributed by atoms with Crippen LogP contribution in [0.1, 0.15) is 28.9 Å². The van der Waals surface area contributed by atoms with E-state index < -0.39 is 0 Å². The number of carbonyl (C=O) groups is 1. The van der Waals surface area contributed by atoms with Crippen LogP contribution < -0.4 is 15.5 Å². The van der Waals surface area contributed by atoms with Crippen LogP contribution in [0.2, 0.25) is 0 Å². The van der Waals surface area contributed by atoms with Gasteiger partial charge in [0.05, 0.1) is 17.1 Å². The minimum Gasteiger partial charge on any atom is -0.378 e. The number of imidazole rings is 1. The van der Waals surface area contributed by atoms with Gasteiger partial charge in [0.25, 0.3) is 5.91 Å². The molecule has 0 spiro atoms. The van der Waals surface area contributed by atoms with Crippen LogP contribution in [0.4, 0.5) is 17.3 Å². The second-order valence-electron chi connectivity index (χ2n) is 8.73. The Morgan fingerprint density at radius 3 is 2.47 bits per heavy atom. The lowest BCUT2D eigenvalue weighted by Crippen LogP contribution is -2.13. The Bertz CT molecular complexity index is 1490. The molecule has 180 valence electrons. The normalized spacial score (nSPS) is 11.8. The Morgan fingerprint density at radius 1 is 0.944 bits per heavy atom. The number of nitrogens with one attached hydrogen (secondary N) is 2. The molecule has 5 rings (SSSR count). The average molecular weight is 478 g/mol. The maximum atomic E-state index is 12.7. The van der Waals surface area contributed by atoms with E-state index in [4.69, 9.17) is 0 Å². The molecule has 2 N–H and O–H groups in total. The first kappa shape index (κ1) is 23.0. The van der Waals surface area contributed by atoms with Gasteiger partial charge in [0.2, 0.25) is 5.95 Å². The standard InChI is InChI=1S/C28H27N7O/c1-19(20-7-5-4-6-8-20)31-28-29-16-15-26(33-28)35-18-30-24-17-22(11-14-25(24)35)32-27(36)21-9-12-23(13-10-21)34(2)3/h4-19H,1-3H3,(H,32,36)(H,29,31,33). The molecule has 0 aliphatic heterocycles. The maximum absolute atomic E-state index is 12.7. The minimum atomic E-state index is -0.168. The predicted molar refractivity (Wildman–Crippen MR) is 144 cm³/mol. The number of hydrogen-bond acceptors (Lipinski definition) is 6. The summed E-state index contributed by atoms with van der Waals surface area (Å²) in [6.07, 6.45) is 3.45. The van der Waals surface area contributed by atoms with Crippen molar-refractivity contribution >= 4 is 34.3 Å². The maximum Gasteiger partial charge on any atom is 0.255 e. The summed E-state index contributed by atoms with van der Waals surface area (Å²) >= 11 is 0. The first-order chi connectivity index (χ1) is 17.5. The fourth-order valence-corrected chi connectivity index (χ4v) is 3.96. The molecule has 0 radical (unpaired) electrons. The molecule has 1 atom stereocenters. The second-order valence-corrected chi connectivity index (χ2v) is 8.73. The molecule has 0 aliphatic rings. The van der Waals surface area contributed by atoms with Crippen LogP contribution in [0.5, 0.6) is 0 Å². The molecular weight excluding hydrogens is 450 g/mol. The number of aromatic nitrogens is 4. The molecule has 0 bridgehead atoms. The molecule has 0 aliphatic carbocycles. The van der Waals surface area contributed by atoms with Crippen molar-refractivity contribution < 1.29 is 4.79 Å². The quantitative estimate of drug-likeness (QED) is 0.330. The third kappa shape index (κ3) is 4.88. The van der Waals surface area contributed by atoms with Crippen molar-refractivity contribution in [1.82, 2.24) is 19.5 Å². The van der Waals surface area contributed by atoms with E-state index in [9.17, 15) is 4.79 Å². The van der Waals surface area contributed by atoms with Crippen LogP contribution in [0, 0.1) is 0 Å². The molecule has 2 heterocycles. The second kappa shape index (κ2) is 9.87. The topological polar surface area (TPSA) is 88.0 Å². The highest BCUT2D eigenvalue weighted by Crippen LogP contribution is 2.23. The first-order valence-electron chi connectivity index (χ1n) is 11.7. The number of nitrogens with zero attached hydrogens (tertiary/aromatic N) is 5.